The van der Waals surface area contributed by atoms with Gasteiger partial charge in [-0.25, -0.2) is 5.43 Å². The Hall–Kier alpha value is -1.62. The highest BCUT2D eigenvalue weighted by atomic mass is 32.1. The molecule has 2 aromatic rings. The van der Waals surface area contributed by atoms with E-state index in [2.05, 4.69) is 22.7 Å². The fourth-order valence-corrected chi connectivity index (χ4v) is 3.03. The summed E-state index contributed by atoms with van der Waals surface area (Å²) in [5, 5.41) is 4.23. The molecule has 5 heteroatoms. The number of amides is 1. The summed E-state index contributed by atoms with van der Waals surface area (Å²) in [6.07, 6.45) is 3.16. The molecule has 18 heavy (non-hydrogen) atoms. The number of para-hydroxylation sites is 1. The Morgan fingerprint density at radius 2 is 2.22 bits per heavy atom. The van der Waals surface area contributed by atoms with Crippen LogP contribution in [0, 0.1) is 5.92 Å². The number of thiazole rings is 1. The number of carbonyl (C=O) groups is 1. The standard InChI is InChI=1S/C13H15N3OS/c1-16-10-7-2-3-8-11(10)18-13(16)15-14-12(17)9-5-4-6-9/h2-3,7-9H,4-6H2,1H3,(H,14,17)/b15-13+. The first-order chi connectivity index (χ1) is 8.75. The van der Waals surface area contributed by atoms with Crippen LogP contribution in [0.5, 0.6) is 0 Å². The Morgan fingerprint density at radius 3 is 2.89 bits per heavy atom. The van der Waals surface area contributed by atoms with Crippen molar-refractivity contribution in [1.82, 2.24) is 9.99 Å². The molecule has 0 unspecified atom stereocenters. The van der Waals surface area contributed by atoms with Crippen LogP contribution >= 0.6 is 11.3 Å². The number of nitrogens with zero attached hydrogens (tertiary/aromatic N) is 2. The predicted molar refractivity (Wildman–Crippen MR) is 71.8 cm³/mol. The highest BCUT2D eigenvalue weighted by Crippen LogP contribution is 2.26. The molecule has 0 aliphatic heterocycles. The summed E-state index contributed by atoms with van der Waals surface area (Å²) < 4.78 is 3.18. The van der Waals surface area contributed by atoms with Crippen LogP contribution in [-0.4, -0.2) is 10.5 Å². The number of hydrogen-bond donors (Lipinski definition) is 1. The molecule has 3 rings (SSSR count). The maximum absolute atomic E-state index is 11.7. The van der Waals surface area contributed by atoms with E-state index < -0.39 is 0 Å². The quantitative estimate of drug-likeness (QED) is 0.825. The van der Waals surface area contributed by atoms with Gasteiger partial charge in [-0.15, -0.1) is 5.10 Å². The van der Waals surface area contributed by atoms with Crippen molar-refractivity contribution in [2.75, 3.05) is 0 Å². The molecule has 1 amide bonds. The molecule has 0 atom stereocenters. The highest BCUT2D eigenvalue weighted by molar-refractivity contribution is 7.16. The van der Waals surface area contributed by atoms with Gasteiger partial charge in [0.25, 0.3) is 0 Å². The van der Waals surface area contributed by atoms with Crippen LogP contribution in [0.4, 0.5) is 0 Å². The monoisotopic (exact) mass is 261 g/mol. The molecule has 0 bridgehead atoms. The lowest BCUT2D eigenvalue weighted by Crippen LogP contribution is -2.33. The molecule has 1 aromatic heterocycles. The van der Waals surface area contributed by atoms with Crippen molar-refractivity contribution in [1.29, 1.82) is 0 Å². The van der Waals surface area contributed by atoms with E-state index in [1.165, 1.54) is 4.70 Å². The molecule has 1 aromatic carbocycles. The number of fused-ring (bicyclic) bond motifs is 1. The van der Waals surface area contributed by atoms with Crippen LogP contribution in [-0.2, 0) is 11.8 Å². The maximum Gasteiger partial charge on any atom is 0.243 e. The van der Waals surface area contributed by atoms with Crippen LogP contribution in [0.1, 0.15) is 19.3 Å². The molecule has 4 nitrogen and oxygen atoms in total. The van der Waals surface area contributed by atoms with E-state index in [0.29, 0.717) is 0 Å². The minimum atomic E-state index is 0.0544. The van der Waals surface area contributed by atoms with Crippen molar-refractivity contribution in [3.63, 3.8) is 0 Å². The molecule has 0 spiro atoms. The smallest absolute Gasteiger partial charge is 0.243 e. The van der Waals surface area contributed by atoms with Gasteiger partial charge in [0, 0.05) is 13.0 Å². The first-order valence-electron chi connectivity index (χ1n) is 6.14. The van der Waals surface area contributed by atoms with Crippen molar-refractivity contribution in [2.24, 2.45) is 18.1 Å². The number of aromatic nitrogens is 1. The van der Waals surface area contributed by atoms with Gasteiger partial charge in [-0.2, -0.15) is 0 Å². The lowest BCUT2D eigenvalue weighted by atomic mass is 9.85. The van der Waals surface area contributed by atoms with Crippen molar-refractivity contribution >= 4 is 27.5 Å². The normalized spacial score (nSPS) is 16.8. The molecule has 0 radical (unpaired) electrons. The van der Waals surface area contributed by atoms with E-state index in [-0.39, 0.29) is 11.8 Å². The maximum atomic E-state index is 11.7. The van der Waals surface area contributed by atoms with Crippen LogP contribution in [0.15, 0.2) is 29.4 Å². The molecular weight excluding hydrogens is 246 g/mol. The molecule has 1 saturated carbocycles. The number of rotatable bonds is 2. The zero-order chi connectivity index (χ0) is 12.5. The van der Waals surface area contributed by atoms with Gasteiger partial charge in [0.15, 0.2) is 0 Å². The third-order valence-corrected chi connectivity index (χ3v) is 4.57. The third-order valence-electron chi connectivity index (χ3n) is 3.45. The lowest BCUT2D eigenvalue weighted by Gasteiger charge is -2.22. The average molecular weight is 261 g/mol. The molecular formula is C13H15N3OS. The summed E-state index contributed by atoms with van der Waals surface area (Å²) in [6.45, 7) is 0. The second kappa shape index (κ2) is 4.57. The first kappa shape index (κ1) is 11.5. The number of benzene rings is 1. The van der Waals surface area contributed by atoms with Gasteiger partial charge in [-0.1, -0.05) is 29.9 Å². The van der Waals surface area contributed by atoms with E-state index in [1.54, 1.807) is 11.3 Å². The second-order valence-electron chi connectivity index (χ2n) is 4.63. The fraction of sp³-hybridized carbons (Fsp3) is 0.385. The second-order valence-corrected chi connectivity index (χ2v) is 5.64. The van der Waals surface area contributed by atoms with Crippen molar-refractivity contribution in [3.05, 3.63) is 29.1 Å². The number of aryl methyl sites for hydroxylation is 1. The number of hydrogen-bond acceptors (Lipinski definition) is 3. The summed E-state index contributed by atoms with van der Waals surface area (Å²) in [7, 11) is 1.97. The summed E-state index contributed by atoms with van der Waals surface area (Å²) in [5.74, 6) is 0.229. The van der Waals surface area contributed by atoms with Gasteiger partial charge in [0.05, 0.1) is 10.2 Å². The highest BCUT2D eigenvalue weighted by Gasteiger charge is 2.24. The molecule has 1 N–H and O–H groups in total. The summed E-state index contributed by atoms with van der Waals surface area (Å²) in [6, 6.07) is 8.13. The van der Waals surface area contributed by atoms with E-state index in [9.17, 15) is 4.79 Å². The molecule has 94 valence electrons. The van der Waals surface area contributed by atoms with E-state index in [4.69, 9.17) is 0 Å². The summed E-state index contributed by atoms with van der Waals surface area (Å²) in [5.41, 5.74) is 3.82. The zero-order valence-corrected chi connectivity index (χ0v) is 11.0. The van der Waals surface area contributed by atoms with Crippen molar-refractivity contribution in [3.8, 4) is 0 Å². The minimum Gasteiger partial charge on any atom is -0.318 e. The van der Waals surface area contributed by atoms with Crippen molar-refractivity contribution in [2.45, 2.75) is 19.3 Å². The Morgan fingerprint density at radius 1 is 1.44 bits per heavy atom. The van der Waals surface area contributed by atoms with Gasteiger partial charge >= 0.3 is 0 Å². The number of nitrogens with one attached hydrogen (secondary N) is 1. The zero-order valence-electron chi connectivity index (χ0n) is 10.2. The van der Waals surface area contributed by atoms with Crippen LogP contribution in [0.25, 0.3) is 10.2 Å². The van der Waals surface area contributed by atoms with E-state index in [1.807, 2.05) is 23.7 Å². The molecule has 0 saturated heterocycles. The molecule has 1 aliphatic rings. The molecule has 1 aliphatic carbocycles. The van der Waals surface area contributed by atoms with Crippen LogP contribution in [0.2, 0.25) is 0 Å². The molecule has 1 fully saturated rings. The number of carbonyl (C=O) groups excluding carboxylic acids is 1. The van der Waals surface area contributed by atoms with Gasteiger partial charge in [0.1, 0.15) is 0 Å². The predicted octanol–water partition coefficient (Wildman–Crippen LogP) is 1.97. The summed E-state index contributed by atoms with van der Waals surface area (Å²) in [4.78, 5) is 12.5. The minimum absolute atomic E-state index is 0.0544. The SMILES string of the molecule is Cn1/c(=N\NC(=O)C2CCC2)sc2ccccc21. The van der Waals surface area contributed by atoms with Gasteiger partial charge in [-0.3, -0.25) is 4.79 Å². The first-order valence-corrected chi connectivity index (χ1v) is 6.95. The van der Waals surface area contributed by atoms with Crippen LogP contribution in [0.3, 0.4) is 0 Å². The van der Waals surface area contributed by atoms with Gasteiger partial charge in [0.2, 0.25) is 10.7 Å². The third kappa shape index (κ3) is 1.95. The topological polar surface area (TPSA) is 46.4 Å². The average Bonchev–Trinajstić information content (AvgIpc) is 2.62. The van der Waals surface area contributed by atoms with Crippen molar-refractivity contribution < 1.29 is 4.79 Å². The van der Waals surface area contributed by atoms with E-state index in [0.717, 1.165) is 29.6 Å². The fourth-order valence-electron chi connectivity index (χ4n) is 2.05. The lowest BCUT2D eigenvalue weighted by molar-refractivity contribution is -0.127. The Bertz CT molecular complexity index is 652. The Labute approximate surface area is 109 Å². The van der Waals surface area contributed by atoms with Gasteiger partial charge < -0.3 is 4.57 Å². The Kier molecular flexibility index (Phi) is 2.91. The molecule has 1 heterocycles. The van der Waals surface area contributed by atoms with E-state index >= 15 is 0 Å². The summed E-state index contributed by atoms with van der Waals surface area (Å²) >= 11 is 1.58. The van der Waals surface area contributed by atoms with Crippen LogP contribution < -0.4 is 10.2 Å². The largest absolute Gasteiger partial charge is 0.318 e. The van der Waals surface area contributed by atoms with Gasteiger partial charge in [-0.05, 0) is 25.0 Å². The Balaban J connectivity index is 1.89.